The Balaban J connectivity index is 1.75. The number of fused-ring (bicyclic) bond motifs is 1. The maximum Gasteiger partial charge on any atom is 0.221 e. The number of aliphatic hydroxyl groups is 1. The minimum atomic E-state index is -1.30. The standard InChI is InChI=1S/C18H14N6OS/c1-18(25,16-20-8-9-26-16)6-4-12-2-3-13-11-22-24(14(13)10-12)15-5-7-21-17(19)23-15/h2-3,5,7-11,25H,1H3,(H2,19,21,23). The Hall–Kier alpha value is -3.28. The van der Waals surface area contributed by atoms with Crippen LogP contribution in [0.25, 0.3) is 16.7 Å². The molecule has 3 aromatic heterocycles. The molecule has 8 heteroatoms. The molecule has 0 spiro atoms. The van der Waals surface area contributed by atoms with Gasteiger partial charge in [0.05, 0.1) is 11.7 Å². The van der Waals surface area contributed by atoms with E-state index >= 15 is 0 Å². The van der Waals surface area contributed by atoms with E-state index < -0.39 is 5.60 Å². The van der Waals surface area contributed by atoms with Crippen molar-refractivity contribution >= 4 is 28.2 Å². The molecule has 0 radical (unpaired) electrons. The summed E-state index contributed by atoms with van der Waals surface area (Å²) in [7, 11) is 0. The van der Waals surface area contributed by atoms with Crippen LogP contribution in [0.5, 0.6) is 0 Å². The largest absolute Gasteiger partial charge is 0.371 e. The lowest BCUT2D eigenvalue weighted by Gasteiger charge is -2.11. The third kappa shape index (κ3) is 3.01. The normalized spacial score (nSPS) is 13.2. The second-order valence-corrected chi connectivity index (χ2v) is 6.66. The van der Waals surface area contributed by atoms with Crippen LogP contribution in [0, 0.1) is 11.8 Å². The van der Waals surface area contributed by atoms with Gasteiger partial charge in [-0.05, 0) is 25.1 Å². The summed E-state index contributed by atoms with van der Waals surface area (Å²) in [6, 6.07) is 7.43. The van der Waals surface area contributed by atoms with E-state index in [0.717, 1.165) is 16.5 Å². The second kappa shape index (κ2) is 6.22. The predicted octanol–water partition coefficient (Wildman–Crippen LogP) is 2.11. The molecule has 0 saturated heterocycles. The number of thiazole rings is 1. The molecule has 0 saturated carbocycles. The predicted molar refractivity (Wildman–Crippen MR) is 99.6 cm³/mol. The van der Waals surface area contributed by atoms with Gasteiger partial charge in [0, 0.05) is 34.8 Å². The summed E-state index contributed by atoms with van der Waals surface area (Å²) in [6.45, 7) is 1.63. The van der Waals surface area contributed by atoms with E-state index in [2.05, 4.69) is 31.9 Å². The van der Waals surface area contributed by atoms with Crippen molar-refractivity contribution in [1.29, 1.82) is 0 Å². The van der Waals surface area contributed by atoms with Gasteiger partial charge in [-0.25, -0.2) is 14.6 Å². The van der Waals surface area contributed by atoms with Crippen molar-refractivity contribution in [2.75, 3.05) is 5.73 Å². The summed E-state index contributed by atoms with van der Waals surface area (Å²) in [5, 5.41) is 18.2. The van der Waals surface area contributed by atoms with Crippen molar-refractivity contribution in [2.45, 2.75) is 12.5 Å². The fourth-order valence-electron chi connectivity index (χ4n) is 2.47. The van der Waals surface area contributed by atoms with Gasteiger partial charge in [-0.3, -0.25) is 0 Å². The van der Waals surface area contributed by atoms with Gasteiger partial charge in [0.1, 0.15) is 5.01 Å². The number of benzene rings is 1. The van der Waals surface area contributed by atoms with Gasteiger partial charge in [-0.2, -0.15) is 10.1 Å². The summed E-state index contributed by atoms with van der Waals surface area (Å²) >= 11 is 1.37. The van der Waals surface area contributed by atoms with E-state index in [-0.39, 0.29) is 5.95 Å². The summed E-state index contributed by atoms with van der Waals surface area (Å²) in [6.07, 6.45) is 4.98. The molecule has 0 bridgehead atoms. The molecule has 3 heterocycles. The maximum atomic E-state index is 10.5. The summed E-state index contributed by atoms with van der Waals surface area (Å²) in [5.74, 6) is 6.65. The highest BCUT2D eigenvalue weighted by Crippen LogP contribution is 2.22. The smallest absolute Gasteiger partial charge is 0.221 e. The van der Waals surface area contributed by atoms with Crippen LogP contribution in [0.1, 0.15) is 17.5 Å². The SMILES string of the molecule is CC(O)(C#Cc1ccc2cnn(-c3ccnc(N)n3)c2c1)c1nccs1. The van der Waals surface area contributed by atoms with Crippen LogP contribution in [0.3, 0.4) is 0 Å². The highest BCUT2D eigenvalue weighted by Gasteiger charge is 2.22. The average molecular weight is 362 g/mol. The molecule has 0 amide bonds. The first-order chi connectivity index (χ1) is 12.5. The molecular weight excluding hydrogens is 348 g/mol. The summed E-state index contributed by atoms with van der Waals surface area (Å²) in [4.78, 5) is 12.2. The molecule has 0 aliphatic heterocycles. The van der Waals surface area contributed by atoms with Gasteiger partial charge in [0.25, 0.3) is 0 Å². The second-order valence-electron chi connectivity index (χ2n) is 5.76. The number of anilines is 1. The Bertz CT molecular complexity index is 1140. The molecular formula is C18H14N6OS. The number of hydrogen-bond donors (Lipinski definition) is 2. The molecule has 4 aromatic rings. The highest BCUT2D eigenvalue weighted by atomic mass is 32.1. The summed E-state index contributed by atoms with van der Waals surface area (Å²) in [5.41, 5.74) is 5.95. The van der Waals surface area contributed by atoms with Crippen LogP contribution in [0.4, 0.5) is 5.95 Å². The Morgan fingerprint density at radius 3 is 2.88 bits per heavy atom. The van der Waals surface area contributed by atoms with Gasteiger partial charge < -0.3 is 10.8 Å². The van der Waals surface area contributed by atoms with Crippen molar-refractivity contribution in [2.24, 2.45) is 0 Å². The summed E-state index contributed by atoms with van der Waals surface area (Å²) < 4.78 is 1.68. The minimum Gasteiger partial charge on any atom is -0.371 e. The van der Waals surface area contributed by atoms with Gasteiger partial charge in [-0.1, -0.05) is 11.8 Å². The molecule has 3 N–H and O–H groups in total. The van der Waals surface area contributed by atoms with Crippen LogP contribution in [0.2, 0.25) is 0 Å². The van der Waals surface area contributed by atoms with Crippen LogP contribution in [-0.4, -0.2) is 29.8 Å². The number of aromatic nitrogens is 5. The Morgan fingerprint density at radius 1 is 1.23 bits per heavy atom. The molecule has 4 rings (SSSR count). The Labute approximate surface area is 153 Å². The third-order valence-electron chi connectivity index (χ3n) is 3.75. The molecule has 26 heavy (non-hydrogen) atoms. The molecule has 1 unspecified atom stereocenters. The third-order valence-corrected chi connectivity index (χ3v) is 4.73. The van der Waals surface area contributed by atoms with Gasteiger partial charge >= 0.3 is 0 Å². The van der Waals surface area contributed by atoms with Crippen molar-refractivity contribution in [3.63, 3.8) is 0 Å². The van der Waals surface area contributed by atoms with E-state index in [1.54, 1.807) is 36.3 Å². The van der Waals surface area contributed by atoms with Gasteiger partial charge in [0.2, 0.25) is 5.95 Å². The molecule has 0 aliphatic rings. The highest BCUT2D eigenvalue weighted by molar-refractivity contribution is 7.09. The van der Waals surface area contributed by atoms with E-state index in [0.29, 0.717) is 10.8 Å². The van der Waals surface area contributed by atoms with Gasteiger partial charge in [-0.15, -0.1) is 11.3 Å². The van der Waals surface area contributed by atoms with Crippen molar-refractivity contribution < 1.29 is 5.11 Å². The molecule has 1 aromatic carbocycles. The Kier molecular flexibility index (Phi) is 3.88. The average Bonchev–Trinajstić information content (AvgIpc) is 3.30. The van der Waals surface area contributed by atoms with Gasteiger partial charge in [0.15, 0.2) is 11.4 Å². The van der Waals surface area contributed by atoms with E-state index in [1.165, 1.54) is 11.3 Å². The molecule has 0 fully saturated rings. The van der Waals surface area contributed by atoms with E-state index in [4.69, 9.17) is 5.73 Å². The van der Waals surface area contributed by atoms with Crippen molar-refractivity contribution in [3.05, 3.63) is 58.8 Å². The first-order valence-electron chi connectivity index (χ1n) is 7.75. The number of nitrogens with two attached hydrogens (primary N) is 1. The zero-order valence-corrected chi connectivity index (χ0v) is 14.6. The molecule has 1 atom stereocenters. The first-order valence-corrected chi connectivity index (χ1v) is 8.63. The van der Waals surface area contributed by atoms with Crippen LogP contribution < -0.4 is 5.73 Å². The molecule has 0 aliphatic carbocycles. The fraction of sp³-hybridized carbons (Fsp3) is 0.111. The zero-order chi connectivity index (χ0) is 18.1. The van der Waals surface area contributed by atoms with Crippen LogP contribution in [-0.2, 0) is 5.60 Å². The minimum absolute atomic E-state index is 0.182. The topological polar surface area (TPSA) is 103 Å². The zero-order valence-electron chi connectivity index (χ0n) is 13.8. The lowest BCUT2D eigenvalue weighted by Crippen LogP contribution is -2.17. The maximum absolute atomic E-state index is 10.5. The monoisotopic (exact) mass is 362 g/mol. The van der Waals surface area contributed by atoms with Crippen molar-refractivity contribution in [1.82, 2.24) is 24.7 Å². The molecule has 7 nitrogen and oxygen atoms in total. The van der Waals surface area contributed by atoms with E-state index in [9.17, 15) is 5.11 Å². The molecule has 128 valence electrons. The van der Waals surface area contributed by atoms with Crippen molar-refractivity contribution in [3.8, 4) is 17.7 Å². The van der Waals surface area contributed by atoms with Crippen LogP contribution in [0.15, 0.2) is 48.2 Å². The first kappa shape index (κ1) is 16.2. The lowest BCUT2D eigenvalue weighted by atomic mass is 10.1. The lowest BCUT2D eigenvalue weighted by molar-refractivity contribution is 0.122. The number of hydrogen-bond acceptors (Lipinski definition) is 7. The number of nitrogen functional groups attached to an aromatic ring is 1. The van der Waals surface area contributed by atoms with Crippen LogP contribution >= 0.6 is 11.3 Å². The number of rotatable bonds is 2. The fourth-order valence-corrected chi connectivity index (χ4v) is 3.12. The quantitative estimate of drug-likeness (QED) is 0.530. The van der Waals surface area contributed by atoms with E-state index in [1.807, 2.05) is 23.6 Å². The Morgan fingerprint density at radius 2 is 2.12 bits per heavy atom. The number of nitrogens with zero attached hydrogens (tertiary/aromatic N) is 5.